The fourth-order valence-electron chi connectivity index (χ4n) is 3.00. The number of hydrogen-bond acceptors (Lipinski definition) is 7. The molecular weight excluding hydrogens is 340 g/mol. The number of carbonyl (C=O) groups excluding carboxylic acids is 3. The maximum absolute atomic E-state index is 12.6. The summed E-state index contributed by atoms with van der Waals surface area (Å²) in [5.74, 6) is -4.17. The third-order valence-electron chi connectivity index (χ3n) is 4.10. The summed E-state index contributed by atoms with van der Waals surface area (Å²) in [5, 5.41) is 12.5. The number of esters is 3. The smallest absolute Gasteiger partial charge is 0.346 e. The standard InChI is InChI=1S/C18H10N2O6/c19-20-7-9-3-1-5-11-13(9)17(23)26-18(24)14-10(8-20)4-2-6-12(14)16(22)25-15(11)21/h1-7H,8H2,(H-,19,23). The first kappa shape index (κ1) is 15.7. The second-order valence-electron chi connectivity index (χ2n) is 5.72. The van der Waals surface area contributed by atoms with Crippen LogP contribution in [0.15, 0.2) is 36.4 Å². The van der Waals surface area contributed by atoms with Crippen LogP contribution in [0.25, 0.3) is 12.1 Å². The molecular formula is C18H10N2O6. The summed E-state index contributed by atoms with van der Waals surface area (Å²) in [5.41, 5.74) is 7.76. The fraction of sp³-hybridized carbons (Fsp3) is 0.0556. The highest BCUT2D eigenvalue weighted by molar-refractivity contribution is 6.09. The SMILES string of the molecule is N=[N+]1C=c2cccc3c2=C([O-])OC(=O)c2c(cccc2C(=O)OC3=O)C1. The van der Waals surface area contributed by atoms with Crippen molar-refractivity contribution >= 4 is 30.1 Å². The van der Waals surface area contributed by atoms with Gasteiger partial charge in [0.1, 0.15) is 0 Å². The lowest BCUT2D eigenvalue weighted by Gasteiger charge is -2.20. The molecule has 0 atom stereocenters. The van der Waals surface area contributed by atoms with E-state index in [1.807, 2.05) is 0 Å². The minimum atomic E-state index is -1.06. The van der Waals surface area contributed by atoms with Gasteiger partial charge < -0.3 is 14.6 Å². The molecule has 0 aliphatic carbocycles. The Morgan fingerprint density at radius 2 is 1.62 bits per heavy atom. The molecule has 2 aromatic rings. The Hall–Kier alpha value is -3.81. The molecule has 4 rings (SSSR count). The van der Waals surface area contributed by atoms with Crippen LogP contribution < -0.4 is 15.5 Å². The maximum atomic E-state index is 12.6. The lowest BCUT2D eigenvalue weighted by molar-refractivity contribution is -0.534. The van der Waals surface area contributed by atoms with Crippen LogP contribution in [0, 0.1) is 5.53 Å². The van der Waals surface area contributed by atoms with Crippen molar-refractivity contribution in [2.24, 2.45) is 0 Å². The average Bonchev–Trinajstić information content (AvgIpc) is 2.59. The second-order valence-corrected chi connectivity index (χ2v) is 5.72. The largest absolute Gasteiger partial charge is 0.549 e. The number of nitrogens with zero attached hydrogens (tertiary/aromatic N) is 1. The van der Waals surface area contributed by atoms with Crippen molar-refractivity contribution < 1.29 is 33.7 Å². The van der Waals surface area contributed by atoms with Crippen LogP contribution in [0.2, 0.25) is 0 Å². The first-order valence-corrected chi connectivity index (χ1v) is 7.56. The van der Waals surface area contributed by atoms with Crippen molar-refractivity contribution in [1.82, 2.24) is 0 Å². The van der Waals surface area contributed by atoms with Gasteiger partial charge in [-0.25, -0.2) is 9.59 Å². The van der Waals surface area contributed by atoms with E-state index in [2.05, 4.69) is 0 Å². The van der Waals surface area contributed by atoms with E-state index < -0.39 is 23.9 Å². The minimum absolute atomic E-state index is 0.0443. The number of cyclic esters (lactones) is 2. The molecule has 26 heavy (non-hydrogen) atoms. The Morgan fingerprint density at radius 1 is 0.923 bits per heavy atom. The molecule has 0 aromatic heterocycles. The summed E-state index contributed by atoms with van der Waals surface area (Å²) < 4.78 is 10.8. The zero-order chi connectivity index (χ0) is 18.4. The average molecular weight is 350 g/mol. The van der Waals surface area contributed by atoms with Gasteiger partial charge in [-0.1, -0.05) is 28.4 Å². The van der Waals surface area contributed by atoms with E-state index in [0.717, 1.165) is 4.70 Å². The second kappa shape index (κ2) is 5.62. The van der Waals surface area contributed by atoms with Crippen molar-refractivity contribution in [3.63, 3.8) is 0 Å². The summed E-state index contributed by atoms with van der Waals surface area (Å²) in [7, 11) is 0. The quantitative estimate of drug-likeness (QED) is 0.391. The van der Waals surface area contributed by atoms with E-state index in [-0.39, 0.29) is 39.2 Å². The fourth-order valence-corrected chi connectivity index (χ4v) is 3.00. The summed E-state index contributed by atoms with van der Waals surface area (Å²) in [6.07, 6.45) is 1.34. The molecule has 0 fully saturated rings. The van der Waals surface area contributed by atoms with E-state index >= 15 is 0 Å². The summed E-state index contributed by atoms with van der Waals surface area (Å²) in [6.45, 7) is -0.0443. The number of benzene rings is 2. The number of nitrogens with one attached hydrogen (secondary N) is 1. The highest BCUT2D eigenvalue weighted by Crippen LogP contribution is 2.21. The molecule has 1 N–H and O–H groups in total. The Morgan fingerprint density at radius 3 is 2.42 bits per heavy atom. The molecule has 2 aliphatic rings. The summed E-state index contributed by atoms with van der Waals surface area (Å²) in [6, 6.07) is 8.56. The minimum Gasteiger partial charge on any atom is -0.549 e. The van der Waals surface area contributed by atoms with Gasteiger partial charge in [-0.05, 0) is 18.2 Å². The van der Waals surface area contributed by atoms with E-state index in [0.29, 0.717) is 0 Å². The number of carbonyl (C=O) groups is 3. The van der Waals surface area contributed by atoms with E-state index in [1.165, 1.54) is 42.6 Å². The van der Waals surface area contributed by atoms with Gasteiger partial charge in [0.25, 0.3) is 0 Å². The van der Waals surface area contributed by atoms with Gasteiger partial charge in [0.05, 0.1) is 27.9 Å². The first-order chi connectivity index (χ1) is 12.5. The topological polar surface area (TPSA) is 120 Å². The summed E-state index contributed by atoms with van der Waals surface area (Å²) >= 11 is 0. The van der Waals surface area contributed by atoms with Crippen LogP contribution in [0.4, 0.5) is 0 Å². The molecule has 2 bridgehead atoms. The Kier molecular flexibility index (Phi) is 3.40. The lowest BCUT2D eigenvalue weighted by atomic mass is 10.00. The first-order valence-electron chi connectivity index (χ1n) is 7.56. The third kappa shape index (κ3) is 2.35. The normalized spacial score (nSPS) is 16.1. The molecule has 0 saturated carbocycles. The maximum Gasteiger partial charge on any atom is 0.346 e. The van der Waals surface area contributed by atoms with Gasteiger partial charge >= 0.3 is 11.9 Å². The third-order valence-corrected chi connectivity index (χ3v) is 4.10. The molecule has 8 nitrogen and oxygen atoms in total. The van der Waals surface area contributed by atoms with Gasteiger partial charge in [0.15, 0.2) is 6.54 Å². The van der Waals surface area contributed by atoms with Crippen LogP contribution in [0.5, 0.6) is 0 Å². The van der Waals surface area contributed by atoms with Crippen LogP contribution in [-0.4, -0.2) is 22.6 Å². The molecule has 2 heterocycles. The predicted molar refractivity (Wildman–Crippen MR) is 81.9 cm³/mol. The molecule has 0 radical (unpaired) electrons. The van der Waals surface area contributed by atoms with E-state index in [9.17, 15) is 19.5 Å². The van der Waals surface area contributed by atoms with Crippen molar-refractivity contribution in [2.45, 2.75) is 6.54 Å². The Labute approximate surface area is 145 Å². The highest BCUT2D eigenvalue weighted by Gasteiger charge is 2.27. The lowest BCUT2D eigenvalue weighted by Crippen LogP contribution is -2.40. The zero-order valence-corrected chi connectivity index (χ0v) is 13.1. The van der Waals surface area contributed by atoms with E-state index in [1.54, 1.807) is 0 Å². The van der Waals surface area contributed by atoms with Gasteiger partial charge in [-0.3, -0.25) is 4.79 Å². The number of hydrogen-bond donors (Lipinski definition) is 1. The van der Waals surface area contributed by atoms with Crippen LogP contribution in [0.3, 0.4) is 0 Å². The zero-order valence-electron chi connectivity index (χ0n) is 13.1. The van der Waals surface area contributed by atoms with Gasteiger partial charge in [-0.15, -0.1) is 0 Å². The van der Waals surface area contributed by atoms with Gasteiger partial charge in [0, 0.05) is 10.8 Å². The van der Waals surface area contributed by atoms with Gasteiger partial charge in [0.2, 0.25) is 12.2 Å². The molecule has 2 aromatic carbocycles. The summed E-state index contributed by atoms with van der Waals surface area (Å²) in [4.78, 5) is 37.4. The van der Waals surface area contributed by atoms with Crippen LogP contribution in [0.1, 0.15) is 36.6 Å². The van der Waals surface area contributed by atoms with Gasteiger partial charge in [-0.2, -0.15) is 0 Å². The molecule has 0 amide bonds. The highest BCUT2D eigenvalue weighted by atomic mass is 16.6. The number of ether oxygens (including phenoxy) is 2. The van der Waals surface area contributed by atoms with E-state index in [4.69, 9.17) is 15.0 Å². The number of rotatable bonds is 0. The van der Waals surface area contributed by atoms with Crippen LogP contribution in [-0.2, 0) is 16.0 Å². The molecule has 128 valence electrons. The predicted octanol–water partition coefficient (Wildman–Crippen LogP) is -0.425. The van der Waals surface area contributed by atoms with Crippen molar-refractivity contribution in [3.05, 3.63) is 69.1 Å². The monoisotopic (exact) mass is 350 g/mol. The van der Waals surface area contributed by atoms with Crippen molar-refractivity contribution in [2.75, 3.05) is 0 Å². The van der Waals surface area contributed by atoms with Crippen molar-refractivity contribution in [3.8, 4) is 0 Å². The Balaban J connectivity index is 2.21. The van der Waals surface area contributed by atoms with Crippen LogP contribution >= 0.6 is 0 Å². The molecule has 0 saturated heterocycles. The molecule has 0 spiro atoms. The molecule has 0 unspecified atom stereocenters. The molecule has 2 aliphatic heterocycles. The number of fused-ring (bicyclic) bond motifs is 2. The Bertz CT molecular complexity index is 1150. The van der Waals surface area contributed by atoms with Crippen molar-refractivity contribution in [1.29, 1.82) is 5.53 Å². The molecule has 8 heteroatoms.